The number of benzene rings is 2. The summed E-state index contributed by atoms with van der Waals surface area (Å²) in [5, 5.41) is 3.87. The number of rotatable bonds is 5. The summed E-state index contributed by atoms with van der Waals surface area (Å²) < 4.78 is 6.66. The van der Waals surface area contributed by atoms with Crippen LogP contribution in [0.15, 0.2) is 48.5 Å². The number of halogens is 1. The zero-order valence-corrected chi connectivity index (χ0v) is 19.2. The molecule has 10 heteroatoms. The Bertz CT molecular complexity index is 1290. The minimum atomic E-state index is -0.679. The van der Waals surface area contributed by atoms with Crippen molar-refractivity contribution in [2.45, 2.75) is 18.2 Å². The summed E-state index contributed by atoms with van der Waals surface area (Å²) in [5.41, 5.74) is 8.52. The first-order chi connectivity index (χ1) is 16.4. The van der Waals surface area contributed by atoms with E-state index >= 15 is 0 Å². The number of amides is 3. The fraction of sp³-hybridized carbons (Fsp3) is 0.250. The van der Waals surface area contributed by atoms with Crippen molar-refractivity contribution in [3.8, 4) is 11.4 Å². The molecule has 2 aliphatic rings. The Labute approximate surface area is 200 Å². The normalized spacial score (nSPS) is 17.8. The van der Waals surface area contributed by atoms with Crippen LogP contribution in [-0.2, 0) is 11.2 Å². The zero-order valence-electron chi connectivity index (χ0n) is 18.4. The summed E-state index contributed by atoms with van der Waals surface area (Å²) in [5.74, 6) is -0.426. The van der Waals surface area contributed by atoms with Gasteiger partial charge in [-0.1, -0.05) is 0 Å². The molecule has 34 heavy (non-hydrogen) atoms. The average Bonchev–Trinajstić information content (AvgIpc) is 3.41. The lowest BCUT2D eigenvalue weighted by Gasteiger charge is -2.28. The Kier molecular flexibility index (Phi) is 5.49. The van der Waals surface area contributed by atoms with Crippen molar-refractivity contribution in [1.82, 2.24) is 9.78 Å². The lowest BCUT2D eigenvalue weighted by Crippen LogP contribution is -2.39. The largest absolute Gasteiger partial charge is 0.497 e. The van der Waals surface area contributed by atoms with E-state index in [1.165, 1.54) is 4.68 Å². The summed E-state index contributed by atoms with van der Waals surface area (Å²) in [6.07, 6.45) is 1.03. The number of methoxy groups -OCH3 is 1. The molecule has 0 radical (unpaired) electrons. The minimum Gasteiger partial charge on any atom is -0.497 e. The SMILES string of the molecule is COc1ccc(-n2nc(C(N)=O)c3c2C(=O)N(c2ccc(N4CC[C@H](Cl)C4=O)cc2)CC3)cc1. The van der Waals surface area contributed by atoms with Crippen LogP contribution in [0.3, 0.4) is 0 Å². The van der Waals surface area contributed by atoms with Crippen LogP contribution in [0.2, 0.25) is 0 Å². The Balaban J connectivity index is 1.49. The van der Waals surface area contributed by atoms with E-state index in [4.69, 9.17) is 22.1 Å². The smallest absolute Gasteiger partial charge is 0.277 e. The first kappa shape index (κ1) is 22.0. The lowest BCUT2D eigenvalue weighted by molar-refractivity contribution is -0.116. The maximum atomic E-state index is 13.6. The lowest BCUT2D eigenvalue weighted by atomic mass is 10.0. The van der Waals surface area contributed by atoms with Crippen LogP contribution in [0, 0.1) is 0 Å². The molecule has 1 saturated heterocycles. The van der Waals surface area contributed by atoms with Crippen molar-refractivity contribution in [1.29, 1.82) is 0 Å². The van der Waals surface area contributed by atoms with Crippen molar-refractivity contribution < 1.29 is 19.1 Å². The molecule has 0 spiro atoms. The number of carbonyl (C=O) groups is 3. The number of alkyl halides is 1. The highest BCUT2D eigenvalue weighted by molar-refractivity contribution is 6.33. The van der Waals surface area contributed by atoms with Crippen LogP contribution in [0.1, 0.15) is 33.0 Å². The maximum absolute atomic E-state index is 13.6. The van der Waals surface area contributed by atoms with E-state index in [0.717, 1.165) is 5.69 Å². The highest BCUT2D eigenvalue weighted by atomic mass is 35.5. The number of hydrogen-bond acceptors (Lipinski definition) is 5. The molecule has 3 aromatic rings. The molecular weight excluding hydrogens is 458 g/mol. The second-order valence-corrected chi connectivity index (χ2v) is 8.65. The van der Waals surface area contributed by atoms with Crippen molar-refractivity contribution in [3.63, 3.8) is 0 Å². The molecule has 174 valence electrons. The summed E-state index contributed by atoms with van der Waals surface area (Å²) in [4.78, 5) is 41.2. The van der Waals surface area contributed by atoms with Crippen LogP contribution >= 0.6 is 11.6 Å². The minimum absolute atomic E-state index is 0.0948. The summed E-state index contributed by atoms with van der Waals surface area (Å²) >= 11 is 6.04. The summed E-state index contributed by atoms with van der Waals surface area (Å²) in [6, 6.07) is 14.2. The Morgan fingerprint density at radius 1 is 1.00 bits per heavy atom. The van der Waals surface area contributed by atoms with Crippen molar-refractivity contribution >= 4 is 40.7 Å². The Morgan fingerprint density at radius 3 is 2.18 bits per heavy atom. The number of nitrogens with zero attached hydrogens (tertiary/aromatic N) is 4. The van der Waals surface area contributed by atoms with E-state index in [1.54, 1.807) is 65.4 Å². The number of anilines is 2. The molecule has 1 atom stereocenters. The number of nitrogens with two attached hydrogens (primary N) is 1. The van der Waals surface area contributed by atoms with Gasteiger partial charge in [-0.2, -0.15) is 5.10 Å². The van der Waals surface area contributed by atoms with Crippen molar-refractivity contribution in [2.75, 3.05) is 30.0 Å². The topological polar surface area (TPSA) is 111 Å². The fourth-order valence-electron chi connectivity index (χ4n) is 4.43. The van der Waals surface area contributed by atoms with Crippen LogP contribution in [-0.4, -0.2) is 53.1 Å². The van der Waals surface area contributed by atoms with Gasteiger partial charge < -0.3 is 20.3 Å². The van der Waals surface area contributed by atoms with Gasteiger partial charge in [0, 0.05) is 30.0 Å². The number of primary amides is 1. The predicted molar refractivity (Wildman–Crippen MR) is 127 cm³/mol. The van der Waals surface area contributed by atoms with Crippen LogP contribution in [0.5, 0.6) is 5.75 Å². The fourth-order valence-corrected chi connectivity index (χ4v) is 4.64. The molecule has 0 aliphatic carbocycles. The number of carbonyl (C=O) groups excluding carboxylic acids is 3. The third-order valence-corrected chi connectivity index (χ3v) is 6.59. The van der Waals surface area contributed by atoms with E-state index in [1.807, 2.05) is 0 Å². The standard InChI is InChI=1S/C24H22ClN5O4/c1-34-17-8-6-16(7-9-17)30-21-18(20(27-30)22(26)31)10-12-29(24(21)33)15-4-2-14(3-5-15)28-13-11-19(25)23(28)32/h2-9,19H,10-13H2,1H3,(H2,26,31)/t19-/m0/s1. The van der Waals surface area contributed by atoms with Gasteiger partial charge in [0.15, 0.2) is 5.69 Å². The Hall–Kier alpha value is -3.85. The maximum Gasteiger partial charge on any atom is 0.277 e. The number of ether oxygens (including phenoxy) is 1. The molecule has 0 bridgehead atoms. The Morgan fingerprint density at radius 2 is 1.62 bits per heavy atom. The molecule has 1 fully saturated rings. The summed E-state index contributed by atoms with van der Waals surface area (Å²) in [6.45, 7) is 0.932. The van der Waals surface area contributed by atoms with Crippen LogP contribution < -0.4 is 20.3 Å². The quantitative estimate of drug-likeness (QED) is 0.565. The molecule has 2 aliphatic heterocycles. The molecule has 5 rings (SSSR count). The van der Waals surface area contributed by atoms with Gasteiger partial charge in [-0.15, -0.1) is 11.6 Å². The molecule has 0 saturated carbocycles. The third-order valence-electron chi connectivity index (χ3n) is 6.18. The van der Waals surface area contributed by atoms with Gasteiger partial charge in [0.25, 0.3) is 11.8 Å². The number of aromatic nitrogens is 2. The molecule has 3 amide bonds. The first-order valence-electron chi connectivity index (χ1n) is 10.8. The van der Waals surface area contributed by atoms with E-state index in [-0.39, 0.29) is 17.5 Å². The summed E-state index contributed by atoms with van der Waals surface area (Å²) in [7, 11) is 1.57. The van der Waals surface area contributed by atoms with Gasteiger partial charge in [-0.05, 0) is 61.4 Å². The molecule has 2 aromatic carbocycles. The van der Waals surface area contributed by atoms with Crippen LogP contribution in [0.4, 0.5) is 11.4 Å². The second kappa shape index (κ2) is 8.49. The van der Waals surface area contributed by atoms with E-state index in [9.17, 15) is 14.4 Å². The van der Waals surface area contributed by atoms with Gasteiger partial charge in [0.2, 0.25) is 5.91 Å². The van der Waals surface area contributed by atoms with Gasteiger partial charge in [0.1, 0.15) is 16.8 Å². The van der Waals surface area contributed by atoms with E-state index in [2.05, 4.69) is 5.10 Å². The second-order valence-electron chi connectivity index (χ2n) is 8.12. The van der Waals surface area contributed by atoms with Gasteiger partial charge >= 0.3 is 0 Å². The van der Waals surface area contributed by atoms with E-state index in [0.29, 0.717) is 54.3 Å². The monoisotopic (exact) mass is 479 g/mol. The molecule has 1 aromatic heterocycles. The molecule has 0 unspecified atom stereocenters. The van der Waals surface area contributed by atoms with Gasteiger partial charge in [-0.25, -0.2) is 4.68 Å². The highest BCUT2D eigenvalue weighted by Gasteiger charge is 2.35. The molecule has 9 nitrogen and oxygen atoms in total. The van der Waals surface area contributed by atoms with E-state index < -0.39 is 11.3 Å². The van der Waals surface area contributed by atoms with Crippen LogP contribution in [0.25, 0.3) is 5.69 Å². The third kappa shape index (κ3) is 3.58. The average molecular weight is 480 g/mol. The van der Waals surface area contributed by atoms with Crippen molar-refractivity contribution in [3.05, 3.63) is 65.5 Å². The van der Waals surface area contributed by atoms with Gasteiger partial charge in [0.05, 0.1) is 12.8 Å². The predicted octanol–water partition coefficient (Wildman–Crippen LogP) is 2.53. The van der Waals surface area contributed by atoms with Crippen molar-refractivity contribution in [2.24, 2.45) is 5.73 Å². The zero-order chi connectivity index (χ0) is 24.0. The molecular formula is C24H22ClN5O4. The highest BCUT2D eigenvalue weighted by Crippen LogP contribution is 2.31. The molecule has 2 N–H and O–H groups in total. The molecule has 3 heterocycles. The number of fused-ring (bicyclic) bond motifs is 1. The first-order valence-corrected chi connectivity index (χ1v) is 11.3. The number of hydrogen-bond donors (Lipinski definition) is 1. The van der Waals surface area contributed by atoms with Gasteiger partial charge in [-0.3, -0.25) is 14.4 Å².